The molecule has 1 aromatic heterocycles. The summed E-state index contributed by atoms with van der Waals surface area (Å²) in [6, 6.07) is -0.108. The average Bonchev–Trinajstić information content (AvgIpc) is 2.56. The molecular formula is C6H11N3O2S. The van der Waals surface area contributed by atoms with E-state index in [1.54, 1.807) is 7.11 Å². The highest BCUT2D eigenvalue weighted by Gasteiger charge is 2.07. The molecule has 1 unspecified atom stereocenters. The van der Waals surface area contributed by atoms with Crippen LogP contribution in [0.2, 0.25) is 0 Å². The van der Waals surface area contributed by atoms with E-state index in [1.807, 2.05) is 0 Å². The maximum atomic E-state index is 8.87. The van der Waals surface area contributed by atoms with Gasteiger partial charge in [0.25, 0.3) is 0 Å². The predicted molar refractivity (Wildman–Crippen MR) is 46.3 cm³/mol. The first-order chi connectivity index (χ1) is 5.86. The number of methoxy groups -OCH3 is 1. The van der Waals surface area contributed by atoms with Crippen molar-refractivity contribution in [3.63, 3.8) is 0 Å². The molecule has 6 heteroatoms. The molecule has 12 heavy (non-hydrogen) atoms. The lowest BCUT2D eigenvalue weighted by molar-refractivity contribution is 0.153. The molecule has 0 fully saturated rings. The summed E-state index contributed by atoms with van der Waals surface area (Å²) in [6.45, 7) is 0.476. The molecule has 0 saturated heterocycles. The Balaban J connectivity index is 2.37. The third kappa shape index (κ3) is 2.72. The van der Waals surface area contributed by atoms with Crippen molar-refractivity contribution in [1.29, 1.82) is 0 Å². The van der Waals surface area contributed by atoms with E-state index in [1.165, 1.54) is 17.9 Å². The Morgan fingerprint density at radius 3 is 3.17 bits per heavy atom. The number of nitrogens with zero attached hydrogens (tertiary/aromatic N) is 2. The highest BCUT2D eigenvalue weighted by molar-refractivity contribution is 7.09. The van der Waals surface area contributed by atoms with E-state index >= 15 is 0 Å². The molecule has 0 saturated carbocycles. The Labute approximate surface area is 74.6 Å². The summed E-state index contributed by atoms with van der Waals surface area (Å²) < 4.78 is 8.69. The zero-order valence-corrected chi connectivity index (χ0v) is 7.54. The number of anilines is 1. The SMILES string of the molecule is COCC(CO)Nc1ncns1. The molecule has 2 N–H and O–H groups in total. The van der Waals surface area contributed by atoms with Gasteiger partial charge in [-0.1, -0.05) is 0 Å². The third-order valence-corrected chi connectivity index (χ3v) is 1.87. The fourth-order valence-electron chi connectivity index (χ4n) is 0.753. The molecule has 1 aromatic rings. The van der Waals surface area contributed by atoms with Crippen molar-refractivity contribution in [2.75, 3.05) is 25.6 Å². The van der Waals surface area contributed by atoms with E-state index < -0.39 is 0 Å². The molecule has 1 atom stereocenters. The monoisotopic (exact) mass is 189 g/mol. The average molecular weight is 189 g/mol. The first-order valence-corrected chi connectivity index (χ1v) is 4.27. The van der Waals surface area contributed by atoms with Gasteiger partial charge in [-0.15, -0.1) is 0 Å². The number of ether oxygens (including phenoxy) is 1. The van der Waals surface area contributed by atoms with Crippen molar-refractivity contribution in [2.24, 2.45) is 0 Å². The van der Waals surface area contributed by atoms with Crippen molar-refractivity contribution in [3.05, 3.63) is 6.33 Å². The summed E-state index contributed by atoms with van der Waals surface area (Å²) in [7, 11) is 1.59. The van der Waals surface area contributed by atoms with E-state index in [0.29, 0.717) is 11.7 Å². The van der Waals surface area contributed by atoms with E-state index in [0.717, 1.165) is 0 Å². The van der Waals surface area contributed by atoms with Gasteiger partial charge in [0.05, 0.1) is 19.3 Å². The second-order valence-corrected chi connectivity index (χ2v) is 3.01. The van der Waals surface area contributed by atoms with Crippen LogP contribution in [-0.2, 0) is 4.74 Å². The van der Waals surface area contributed by atoms with Gasteiger partial charge >= 0.3 is 0 Å². The fourth-order valence-corrected chi connectivity index (χ4v) is 1.26. The molecule has 0 amide bonds. The number of aliphatic hydroxyl groups excluding tert-OH is 1. The highest BCUT2D eigenvalue weighted by atomic mass is 32.1. The number of nitrogens with one attached hydrogen (secondary N) is 1. The van der Waals surface area contributed by atoms with Crippen LogP contribution < -0.4 is 5.32 Å². The summed E-state index contributed by atoms with van der Waals surface area (Å²) in [6.07, 6.45) is 1.47. The van der Waals surface area contributed by atoms with Crippen molar-refractivity contribution in [2.45, 2.75) is 6.04 Å². The van der Waals surface area contributed by atoms with Crippen LogP contribution in [0.4, 0.5) is 5.13 Å². The quantitative estimate of drug-likeness (QED) is 0.680. The summed E-state index contributed by atoms with van der Waals surface area (Å²) in [5, 5.41) is 12.5. The first-order valence-electron chi connectivity index (χ1n) is 3.50. The Hall–Kier alpha value is -0.720. The van der Waals surface area contributed by atoms with E-state index in [-0.39, 0.29) is 12.6 Å². The molecule has 0 aliphatic rings. The van der Waals surface area contributed by atoms with Crippen LogP contribution in [0.3, 0.4) is 0 Å². The number of hydrogen-bond donors (Lipinski definition) is 2. The van der Waals surface area contributed by atoms with Crippen molar-refractivity contribution < 1.29 is 9.84 Å². The molecule has 5 nitrogen and oxygen atoms in total. The molecule has 0 aliphatic heterocycles. The molecule has 0 aliphatic carbocycles. The van der Waals surface area contributed by atoms with Crippen molar-refractivity contribution >= 4 is 16.7 Å². The molecule has 1 heterocycles. The lowest BCUT2D eigenvalue weighted by Crippen LogP contribution is -2.28. The minimum absolute atomic E-state index is 0.0212. The smallest absolute Gasteiger partial charge is 0.202 e. The van der Waals surface area contributed by atoms with E-state index in [2.05, 4.69) is 14.7 Å². The van der Waals surface area contributed by atoms with Gasteiger partial charge in [0, 0.05) is 18.6 Å². The van der Waals surface area contributed by atoms with Crippen LogP contribution >= 0.6 is 11.5 Å². The molecule has 68 valence electrons. The third-order valence-electron chi connectivity index (χ3n) is 1.28. The zero-order chi connectivity index (χ0) is 8.81. The second-order valence-electron chi connectivity index (χ2n) is 2.23. The summed E-state index contributed by atoms with van der Waals surface area (Å²) in [4.78, 5) is 3.92. The summed E-state index contributed by atoms with van der Waals surface area (Å²) in [5.41, 5.74) is 0. The van der Waals surface area contributed by atoms with Crippen LogP contribution in [0.5, 0.6) is 0 Å². The standard InChI is InChI=1S/C6H11N3O2S/c1-11-3-5(2-10)9-6-7-4-8-12-6/h4-5,10H,2-3H2,1H3,(H,7,8,9). The maximum Gasteiger partial charge on any atom is 0.202 e. The molecular weight excluding hydrogens is 178 g/mol. The summed E-state index contributed by atoms with van der Waals surface area (Å²) in [5.74, 6) is 0. The van der Waals surface area contributed by atoms with Crippen molar-refractivity contribution in [1.82, 2.24) is 9.36 Å². The Kier molecular flexibility index (Phi) is 3.92. The summed E-state index contributed by atoms with van der Waals surface area (Å²) >= 11 is 1.25. The van der Waals surface area contributed by atoms with Crippen LogP contribution in [0, 0.1) is 0 Å². The lowest BCUT2D eigenvalue weighted by atomic mass is 10.3. The number of aromatic nitrogens is 2. The van der Waals surface area contributed by atoms with Gasteiger partial charge in [-0.25, -0.2) is 4.98 Å². The maximum absolute atomic E-state index is 8.87. The Morgan fingerprint density at radius 1 is 1.83 bits per heavy atom. The lowest BCUT2D eigenvalue weighted by Gasteiger charge is -2.13. The van der Waals surface area contributed by atoms with Gasteiger partial charge < -0.3 is 15.2 Å². The largest absolute Gasteiger partial charge is 0.394 e. The molecule has 1 rings (SSSR count). The molecule has 0 radical (unpaired) electrons. The van der Waals surface area contributed by atoms with Gasteiger partial charge in [0.15, 0.2) is 0 Å². The second kappa shape index (κ2) is 5.02. The minimum Gasteiger partial charge on any atom is -0.394 e. The minimum atomic E-state index is -0.108. The molecule has 0 aromatic carbocycles. The van der Waals surface area contributed by atoms with Gasteiger partial charge in [0.2, 0.25) is 5.13 Å². The van der Waals surface area contributed by atoms with Crippen molar-refractivity contribution in [3.8, 4) is 0 Å². The topological polar surface area (TPSA) is 67.3 Å². The van der Waals surface area contributed by atoms with E-state index in [4.69, 9.17) is 9.84 Å². The number of rotatable bonds is 5. The van der Waals surface area contributed by atoms with Crippen LogP contribution in [0.15, 0.2) is 6.33 Å². The number of hydrogen-bond acceptors (Lipinski definition) is 6. The normalized spacial score (nSPS) is 12.8. The number of aliphatic hydroxyl groups is 1. The van der Waals surface area contributed by atoms with Gasteiger partial charge in [0.1, 0.15) is 6.33 Å². The highest BCUT2D eigenvalue weighted by Crippen LogP contribution is 2.08. The Bertz CT molecular complexity index is 205. The van der Waals surface area contributed by atoms with E-state index in [9.17, 15) is 0 Å². The first kappa shape index (κ1) is 9.37. The molecule has 0 bridgehead atoms. The molecule has 0 spiro atoms. The van der Waals surface area contributed by atoms with Crippen LogP contribution in [0.1, 0.15) is 0 Å². The van der Waals surface area contributed by atoms with Gasteiger partial charge in [-0.2, -0.15) is 4.37 Å². The van der Waals surface area contributed by atoms with Crippen LogP contribution in [0.25, 0.3) is 0 Å². The van der Waals surface area contributed by atoms with Gasteiger partial charge in [-0.05, 0) is 0 Å². The van der Waals surface area contributed by atoms with Gasteiger partial charge in [-0.3, -0.25) is 0 Å². The zero-order valence-electron chi connectivity index (χ0n) is 6.73. The fraction of sp³-hybridized carbons (Fsp3) is 0.667. The van der Waals surface area contributed by atoms with Crippen LogP contribution in [-0.4, -0.2) is 40.8 Å². The Morgan fingerprint density at radius 2 is 2.67 bits per heavy atom. The predicted octanol–water partition coefficient (Wildman–Crippen LogP) is -0.0427.